The molecule has 0 amide bonds. The van der Waals surface area contributed by atoms with Gasteiger partial charge in [0.1, 0.15) is 6.10 Å². The fourth-order valence-electron chi connectivity index (χ4n) is 4.91. The molecule has 17 heavy (non-hydrogen) atoms. The Bertz CT molecular complexity index is 338. The smallest absolute Gasteiger partial charge is 0.309 e. The number of rotatable bonds is 0. The minimum atomic E-state index is 0.0574. The molecule has 3 rings (SSSR count). The van der Waals surface area contributed by atoms with E-state index < -0.39 is 0 Å². The van der Waals surface area contributed by atoms with Crippen LogP contribution in [0.5, 0.6) is 0 Å². The van der Waals surface area contributed by atoms with E-state index in [0.29, 0.717) is 17.3 Å². The molecule has 2 heteroatoms. The summed E-state index contributed by atoms with van der Waals surface area (Å²) in [5, 5.41) is 0. The van der Waals surface area contributed by atoms with E-state index >= 15 is 0 Å². The lowest BCUT2D eigenvalue weighted by molar-refractivity contribution is -0.152. The van der Waals surface area contributed by atoms with Crippen LogP contribution >= 0.6 is 0 Å². The Morgan fingerprint density at radius 1 is 1.24 bits per heavy atom. The van der Waals surface area contributed by atoms with Crippen molar-refractivity contribution >= 4 is 5.97 Å². The fourth-order valence-corrected chi connectivity index (χ4v) is 4.91. The fraction of sp³-hybridized carbons (Fsp3) is 0.933. The highest BCUT2D eigenvalue weighted by Gasteiger charge is 2.56. The van der Waals surface area contributed by atoms with Crippen LogP contribution in [0.4, 0.5) is 0 Å². The Balaban J connectivity index is 1.92. The van der Waals surface area contributed by atoms with E-state index in [4.69, 9.17) is 4.74 Å². The zero-order valence-electron chi connectivity index (χ0n) is 11.2. The van der Waals surface area contributed by atoms with Crippen molar-refractivity contribution in [3.05, 3.63) is 0 Å². The number of carbonyl (C=O) groups is 1. The van der Waals surface area contributed by atoms with Gasteiger partial charge in [-0.3, -0.25) is 4.79 Å². The second-order valence-corrected chi connectivity index (χ2v) is 6.94. The summed E-state index contributed by atoms with van der Waals surface area (Å²) in [6, 6.07) is 0. The molecule has 0 aromatic carbocycles. The van der Waals surface area contributed by atoms with Crippen molar-refractivity contribution < 1.29 is 9.53 Å². The van der Waals surface area contributed by atoms with Gasteiger partial charge in [0.05, 0.1) is 5.92 Å². The Kier molecular flexibility index (Phi) is 2.53. The molecule has 0 aromatic heterocycles. The Morgan fingerprint density at radius 3 is 2.76 bits per heavy atom. The van der Waals surface area contributed by atoms with Crippen LogP contribution in [0.3, 0.4) is 0 Å². The largest absolute Gasteiger partial charge is 0.462 e. The first-order chi connectivity index (χ1) is 8.03. The predicted octanol–water partition coefficient (Wildman–Crippen LogP) is 3.40. The minimum Gasteiger partial charge on any atom is -0.462 e. The lowest BCUT2D eigenvalue weighted by Crippen LogP contribution is -2.49. The van der Waals surface area contributed by atoms with Gasteiger partial charge in [0.25, 0.3) is 0 Å². The standard InChI is InChI=1S/C15H24O2/c1-9-5-4-7-15(3)8-6-11-10(2)14(16)17-13(11)12(9)15/h9-13H,4-8H2,1-3H3/t9-,10+,11-,12+,13-,15+/m0/s1. The number of fused-ring (bicyclic) bond motifs is 3. The maximum atomic E-state index is 11.8. The van der Waals surface area contributed by atoms with Gasteiger partial charge < -0.3 is 4.74 Å². The molecule has 2 nitrogen and oxygen atoms in total. The Hall–Kier alpha value is -0.530. The zero-order chi connectivity index (χ0) is 12.2. The Labute approximate surface area is 104 Å². The summed E-state index contributed by atoms with van der Waals surface area (Å²) in [6.07, 6.45) is 6.72. The molecule has 6 atom stereocenters. The SMILES string of the molecule is C[C@H]1CCC[C@]2(C)CC[C@@H]3[C@H](OC(=O)[C@@H]3C)[C@@H]12. The highest BCUT2D eigenvalue weighted by molar-refractivity contribution is 5.75. The van der Waals surface area contributed by atoms with Gasteiger partial charge in [0.15, 0.2) is 0 Å². The summed E-state index contributed by atoms with van der Waals surface area (Å²) in [5.74, 6) is 2.03. The van der Waals surface area contributed by atoms with Gasteiger partial charge in [-0.2, -0.15) is 0 Å². The van der Waals surface area contributed by atoms with Gasteiger partial charge in [0.2, 0.25) is 0 Å². The van der Waals surface area contributed by atoms with Crippen molar-refractivity contribution in [2.24, 2.45) is 29.1 Å². The Morgan fingerprint density at radius 2 is 2.00 bits per heavy atom. The summed E-state index contributed by atoms with van der Waals surface area (Å²) in [7, 11) is 0. The molecule has 0 unspecified atom stereocenters. The van der Waals surface area contributed by atoms with E-state index in [9.17, 15) is 4.79 Å². The molecule has 0 radical (unpaired) electrons. The highest BCUT2D eigenvalue weighted by Crippen LogP contribution is 2.57. The molecule has 1 saturated heterocycles. The highest BCUT2D eigenvalue weighted by atomic mass is 16.6. The van der Waals surface area contributed by atoms with Crippen LogP contribution in [0.15, 0.2) is 0 Å². The second-order valence-electron chi connectivity index (χ2n) is 6.94. The first-order valence-corrected chi connectivity index (χ1v) is 7.23. The summed E-state index contributed by atoms with van der Waals surface area (Å²) in [4.78, 5) is 11.8. The van der Waals surface area contributed by atoms with Crippen LogP contribution in [-0.2, 0) is 9.53 Å². The molecule has 3 fully saturated rings. The van der Waals surface area contributed by atoms with Gasteiger partial charge in [-0.1, -0.05) is 33.6 Å². The molecule has 0 bridgehead atoms. The van der Waals surface area contributed by atoms with Crippen molar-refractivity contribution in [1.29, 1.82) is 0 Å². The second kappa shape index (κ2) is 3.73. The third-order valence-electron chi connectivity index (χ3n) is 5.92. The van der Waals surface area contributed by atoms with Crippen molar-refractivity contribution in [3.8, 4) is 0 Å². The van der Waals surface area contributed by atoms with Gasteiger partial charge >= 0.3 is 5.97 Å². The first kappa shape index (κ1) is 11.6. The summed E-state index contributed by atoms with van der Waals surface area (Å²) >= 11 is 0. The third-order valence-corrected chi connectivity index (χ3v) is 5.92. The van der Waals surface area contributed by atoms with E-state index in [-0.39, 0.29) is 18.0 Å². The van der Waals surface area contributed by atoms with Crippen LogP contribution in [-0.4, -0.2) is 12.1 Å². The molecule has 3 aliphatic rings. The van der Waals surface area contributed by atoms with Crippen molar-refractivity contribution in [2.75, 3.05) is 0 Å². The van der Waals surface area contributed by atoms with Crippen LogP contribution in [0.1, 0.15) is 52.9 Å². The van der Waals surface area contributed by atoms with Crippen LogP contribution in [0.25, 0.3) is 0 Å². The van der Waals surface area contributed by atoms with E-state index in [1.165, 1.54) is 32.1 Å². The molecular weight excluding hydrogens is 212 g/mol. The van der Waals surface area contributed by atoms with Crippen LogP contribution in [0.2, 0.25) is 0 Å². The van der Waals surface area contributed by atoms with Crippen LogP contribution < -0.4 is 0 Å². The van der Waals surface area contributed by atoms with Gasteiger partial charge in [-0.05, 0) is 30.6 Å². The first-order valence-electron chi connectivity index (χ1n) is 7.23. The average molecular weight is 236 g/mol. The molecule has 1 aliphatic heterocycles. The number of hydrogen-bond acceptors (Lipinski definition) is 2. The van der Waals surface area contributed by atoms with E-state index in [0.717, 1.165) is 5.92 Å². The van der Waals surface area contributed by atoms with Crippen LogP contribution in [0, 0.1) is 29.1 Å². The maximum absolute atomic E-state index is 11.8. The molecular formula is C15H24O2. The van der Waals surface area contributed by atoms with E-state index in [2.05, 4.69) is 20.8 Å². The topological polar surface area (TPSA) is 26.3 Å². The molecule has 96 valence electrons. The molecule has 1 heterocycles. The molecule has 2 aliphatic carbocycles. The number of esters is 1. The lowest BCUT2D eigenvalue weighted by Gasteiger charge is -2.52. The molecule has 0 N–H and O–H groups in total. The quantitative estimate of drug-likeness (QED) is 0.603. The predicted molar refractivity (Wildman–Crippen MR) is 66.4 cm³/mol. The molecule has 0 spiro atoms. The van der Waals surface area contributed by atoms with Crippen molar-refractivity contribution in [2.45, 2.75) is 59.0 Å². The average Bonchev–Trinajstić information content (AvgIpc) is 2.54. The summed E-state index contributed by atoms with van der Waals surface area (Å²) in [6.45, 7) is 6.85. The third kappa shape index (κ3) is 1.56. The number of carbonyl (C=O) groups excluding carboxylic acids is 1. The van der Waals surface area contributed by atoms with E-state index in [1.807, 2.05) is 0 Å². The van der Waals surface area contributed by atoms with Gasteiger partial charge in [0, 0.05) is 11.8 Å². The zero-order valence-corrected chi connectivity index (χ0v) is 11.2. The maximum Gasteiger partial charge on any atom is 0.309 e. The number of hydrogen-bond donors (Lipinski definition) is 0. The van der Waals surface area contributed by atoms with Crippen molar-refractivity contribution in [3.63, 3.8) is 0 Å². The van der Waals surface area contributed by atoms with E-state index in [1.54, 1.807) is 0 Å². The molecule has 0 aromatic rings. The normalized spacial score (nSPS) is 53.8. The lowest BCUT2D eigenvalue weighted by atomic mass is 9.53. The van der Waals surface area contributed by atoms with Gasteiger partial charge in [-0.15, -0.1) is 0 Å². The van der Waals surface area contributed by atoms with Gasteiger partial charge in [-0.25, -0.2) is 0 Å². The minimum absolute atomic E-state index is 0.0574. The summed E-state index contributed by atoms with van der Waals surface area (Å²) < 4.78 is 5.74. The monoisotopic (exact) mass is 236 g/mol. The summed E-state index contributed by atoms with van der Waals surface area (Å²) in [5.41, 5.74) is 0.434. The van der Waals surface area contributed by atoms with Crippen molar-refractivity contribution in [1.82, 2.24) is 0 Å². The molecule has 2 saturated carbocycles. The number of ether oxygens (including phenoxy) is 1.